The highest BCUT2D eigenvalue weighted by atomic mass is 16.5. The van der Waals surface area contributed by atoms with E-state index in [-0.39, 0.29) is 31.4 Å². The third kappa shape index (κ3) is 5.42. The number of carboxylic acid groups (broad SMARTS) is 1. The fourth-order valence-electron chi connectivity index (χ4n) is 3.95. The third-order valence-corrected chi connectivity index (χ3v) is 5.57. The van der Waals surface area contributed by atoms with Gasteiger partial charge >= 0.3 is 12.1 Å². The van der Waals surface area contributed by atoms with Crippen molar-refractivity contribution < 1.29 is 24.2 Å². The molecule has 0 spiro atoms. The van der Waals surface area contributed by atoms with Gasteiger partial charge in [-0.05, 0) is 35.6 Å². The summed E-state index contributed by atoms with van der Waals surface area (Å²) in [5.41, 5.74) is 4.58. The van der Waals surface area contributed by atoms with Crippen molar-refractivity contribution in [1.29, 1.82) is 0 Å². The number of fused-ring (bicyclic) bond motifs is 3. The summed E-state index contributed by atoms with van der Waals surface area (Å²) in [4.78, 5) is 35.4. The lowest BCUT2D eigenvalue weighted by Gasteiger charge is -2.19. The summed E-state index contributed by atoms with van der Waals surface area (Å²) >= 11 is 0. The number of hydrogen-bond donors (Lipinski definition) is 3. The highest BCUT2D eigenvalue weighted by Crippen LogP contribution is 2.44. The van der Waals surface area contributed by atoms with Crippen molar-refractivity contribution in [3.63, 3.8) is 0 Å². The van der Waals surface area contributed by atoms with Crippen LogP contribution in [0.15, 0.2) is 48.5 Å². The van der Waals surface area contributed by atoms with Crippen LogP contribution in [0, 0.1) is 5.92 Å². The molecule has 0 aliphatic heterocycles. The molecule has 2 amide bonds. The van der Waals surface area contributed by atoms with Crippen LogP contribution in [-0.4, -0.2) is 42.3 Å². The van der Waals surface area contributed by atoms with Gasteiger partial charge in [-0.25, -0.2) is 4.79 Å². The SMILES string of the molecule is CCC(CNC(=O)OCC1c2ccccc2-c2ccccc21)C(=O)NC(C)CC(=O)O. The molecule has 2 aromatic rings. The zero-order valence-electron chi connectivity index (χ0n) is 17.8. The Labute approximate surface area is 181 Å². The smallest absolute Gasteiger partial charge is 0.407 e. The van der Waals surface area contributed by atoms with Crippen LogP contribution in [0.25, 0.3) is 11.1 Å². The molecule has 0 fully saturated rings. The number of nitrogens with one attached hydrogen (secondary N) is 2. The van der Waals surface area contributed by atoms with Crippen molar-refractivity contribution in [2.75, 3.05) is 13.2 Å². The molecule has 7 heteroatoms. The van der Waals surface area contributed by atoms with Crippen molar-refractivity contribution in [2.45, 2.75) is 38.6 Å². The second-order valence-electron chi connectivity index (χ2n) is 7.82. The summed E-state index contributed by atoms with van der Waals surface area (Å²) in [7, 11) is 0. The van der Waals surface area contributed by atoms with Gasteiger partial charge in [-0.3, -0.25) is 9.59 Å². The van der Waals surface area contributed by atoms with Gasteiger partial charge in [-0.2, -0.15) is 0 Å². The Balaban J connectivity index is 1.53. The molecule has 3 N–H and O–H groups in total. The normalized spacial score (nSPS) is 14.1. The maximum absolute atomic E-state index is 12.3. The first-order valence-electron chi connectivity index (χ1n) is 10.5. The van der Waals surface area contributed by atoms with E-state index in [0.717, 1.165) is 22.3 Å². The Morgan fingerprint density at radius 2 is 1.61 bits per heavy atom. The van der Waals surface area contributed by atoms with Crippen LogP contribution in [0.4, 0.5) is 4.79 Å². The summed E-state index contributed by atoms with van der Waals surface area (Å²) in [5.74, 6) is -1.75. The zero-order chi connectivity index (χ0) is 22.4. The van der Waals surface area contributed by atoms with Crippen LogP contribution < -0.4 is 10.6 Å². The Kier molecular flexibility index (Phi) is 7.28. The maximum Gasteiger partial charge on any atom is 0.407 e. The van der Waals surface area contributed by atoms with E-state index in [0.29, 0.717) is 6.42 Å². The van der Waals surface area contributed by atoms with Crippen LogP contribution in [0.3, 0.4) is 0 Å². The number of ether oxygens (including phenoxy) is 1. The minimum absolute atomic E-state index is 0.0275. The highest BCUT2D eigenvalue weighted by Gasteiger charge is 2.29. The van der Waals surface area contributed by atoms with Crippen LogP contribution in [-0.2, 0) is 14.3 Å². The van der Waals surface area contributed by atoms with Crippen LogP contribution in [0.5, 0.6) is 0 Å². The van der Waals surface area contributed by atoms with Crippen LogP contribution in [0.2, 0.25) is 0 Å². The first kappa shape index (κ1) is 22.3. The molecule has 31 heavy (non-hydrogen) atoms. The average molecular weight is 424 g/mol. The van der Waals surface area contributed by atoms with E-state index in [2.05, 4.69) is 34.9 Å². The van der Waals surface area contributed by atoms with E-state index in [1.165, 1.54) is 0 Å². The van der Waals surface area contributed by atoms with Gasteiger partial charge in [0.05, 0.1) is 12.3 Å². The van der Waals surface area contributed by atoms with E-state index in [9.17, 15) is 14.4 Å². The highest BCUT2D eigenvalue weighted by molar-refractivity contribution is 5.81. The number of carbonyl (C=O) groups is 3. The lowest BCUT2D eigenvalue weighted by Crippen LogP contribution is -2.42. The predicted octanol–water partition coefficient (Wildman–Crippen LogP) is 3.53. The molecule has 164 valence electrons. The lowest BCUT2D eigenvalue weighted by molar-refractivity contribution is -0.137. The quantitative estimate of drug-likeness (QED) is 0.571. The minimum atomic E-state index is -0.974. The molecule has 3 rings (SSSR count). The molecule has 0 heterocycles. The number of carbonyl (C=O) groups excluding carboxylic acids is 2. The Morgan fingerprint density at radius 3 is 2.16 bits per heavy atom. The van der Waals surface area contributed by atoms with Crippen molar-refractivity contribution in [3.8, 4) is 11.1 Å². The van der Waals surface area contributed by atoms with Gasteiger partial charge in [0.25, 0.3) is 0 Å². The van der Waals surface area contributed by atoms with Gasteiger partial charge in [-0.15, -0.1) is 0 Å². The van der Waals surface area contributed by atoms with Gasteiger partial charge in [-0.1, -0.05) is 55.5 Å². The van der Waals surface area contributed by atoms with Gasteiger partial charge < -0.3 is 20.5 Å². The van der Waals surface area contributed by atoms with Gasteiger partial charge in [0.15, 0.2) is 0 Å². The Hall–Kier alpha value is -3.35. The predicted molar refractivity (Wildman–Crippen MR) is 117 cm³/mol. The molecule has 1 aliphatic carbocycles. The van der Waals surface area contributed by atoms with Crippen molar-refractivity contribution in [2.24, 2.45) is 5.92 Å². The monoisotopic (exact) mass is 424 g/mol. The molecule has 2 atom stereocenters. The van der Waals surface area contributed by atoms with E-state index < -0.39 is 24.0 Å². The average Bonchev–Trinajstić information content (AvgIpc) is 3.06. The Bertz CT molecular complexity index is 913. The molecule has 2 aromatic carbocycles. The fourth-order valence-corrected chi connectivity index (χ4v) is 3.95. The van der Waals surface area contributed by atoms with E-state index in [1.54, 1.807) is 6.92 Å². The number of rotatable bonds is 9. The summed E-state index contributed by atoms with van der Waals surface area (Å²) in [5, 5.41) is 14.2. The standard InChI is InChI=1S/C24H28N2O5/c1-3-16(23(29)26-15(2)12-22(27)28)13-25-24(30)31-14-21-19-10-6-4-8-17(19)18-9-5-7-11-20(18)21/h4-11,15-16,21H,3,12-14H2,1-2H3,(H,25,30)(H,26,29)(H,27,28). The molecular formula is C24H28N2O5. The second-order valence-corrected chi connectivity index (χ2v) is 7.82. The molecule has 0 radical (unpaired) electrons. The van der Waals surface area contributed by atoms with Crippen LogP contribution >= 0.6 is 0 Å². The first-order chi connectivity index (χ1) is 14.9. The van der Waals surface area contributed by atoms with Gasteiger partial charge in [0, 0.05) is 18.5 Å². The summed E-state index contributed by atoms with van der Waals surface area (Å²) in [6.45, 7) is 3.81. The summed E-state index contributed by atoms with van der Waals surface area (Å²) in [6.07, 6.45) is -0.219. The topological polar surface area (TPSA) is 105 Å². The van der Waals surface area contributed by atoms with Crippen molar-refractivity contribution in [1.82, 2.24) is 10.6 Å². The number of alkyl carbamates (subject to hydrolysis) is 1. The van der Waals surface area contributed by atoms with Crippen LogP contribution in [0.1, 0.15) is 43.7 Å². The van der Waals surface area contributed by atoms with Crippen molar-refractivity contribution >= 4 is 18.0 Å². The number of aliphatic carboxylic acids is 1. The third-order valence-electron chi connectivity index (χ3n) is 5.57. The number of hydrogen-bond acceptors (Lipinski definition) is 4. The largest absolute Gasteiger partial charge is 0.481 e. The molecule has 0 bridgehead atoms. The molecule has 7 nitrogen and oxygen atoms in total. The number of carboxylic acids is 1. The summed E-state index contributed by atoms with van der Waals surface area (Å²) < 4.78 is 5.49. The number of benzene rings is 2. The molecule has 0 saturated carbocycles. The van der Waals surface area contributed by atoms with E-state index >= 15 is 0 Å². The number of amides is 2. The second kappa shape index (κ2) is 10.1. The van der Waals surface area contributed by atoms with Gasteiger partial charge in [0.1, 0.15) is 6.61 Å². The lowest BCUT2D eigenvalue weighted by atomic mass is 9.98. The van der Waals surface area contributed by atoms with E-state index in [4.69, 9.17) is 9.84 Å². The Morgan fingerprint density at radius 1 is 1.03 bits per heavy atom. The fraction of sp³-hybridized carbons (Fsp3) is 0.375. The summed E-state index contributed by atoms with van der Waals surface area (Å²) in [6, 6.07) is 15.7. The minimum Gasteiger partial charge on any atom is -0.481 e. The maximum atomic E-state index is 12.3. The molecular weight excluding hydrogens is 396 g/mol. The first-order valence-corrected chi connectivity index (χ1v) is 10.5. The molecule has 2 unspecified atom stereocenters. The molecule has 1 aliphatic rings. The van der Waals surface area contributed by atoms with Crippen molar-refractivity contribution in [3.05, 3.63) is 59.7 Å². The molecule has 0 saturated heterocycles. The van der Waals surface area contributed by atoms with E-state index in [1.807, 2.05) is 31.2 Å². The van der Waals surface area contributed by atoms with Gasteiger partial charge in [0.2, 0.25) is 5.91 Å². The molecule has 0 aromatic heterocycles. The zero-order valence-corrected chi connectivity index (χ0v) is 17.8.